The van der Waals surface area contributed by atoms with Crippen LogP contribution >= 0.6 is 0 Å². The molecule has 0 aliphatic heterocycles. The van der Waals surface area contributed by atoms with Crippen LogP contribution in [0.2, 0.25) is 0 Å². The molecular weight excluding hydrogens is 398 g/mol. The summed E-state index contributed by atoms with van der Waals surface area (Å²) >= 11 is 0. The van der Waals surface area contributed by atoms with Gasteiger partial charge in [-0.05, 0) is 37.1 Å². The molecule has 0 bridgehead atoms. The molecule has 0 fully saturated rings. The molecule has 0 amide bonds. The number of rotatable bonds is 8. The van der Waals surface area contributed by atoms with E-state index in [1.807, 2.05) is 0 Å². The number of hydrogen-bond acceptors (Lipinski definition) is 4. The molecule has 0 unspecified atom stereocenters. The van der Waals surface area contributed by atoms with Gasteiger partial charge in [0.25, 0.3) is 0 Å². The fraction of sp³-hybridized carbons (Fsp3) is 0.294. The molecule has 0 aliphatic carbocycles. The Labute approximate surface area is 157 Å². The zero-order chi connectivity index (χ0) is 20.2. The van der Waals surface area contributed by atoms with Gasteiger partial charge in [-0.2, -0.15) is 0 Å². The summed E-state index contributed by atoms with van der Waals surface area (Å²) in [7, 11) is -8.09. The van der Waals surface area contributed by atoms with Gasteiger partial charge in [0, 0.05) is 12.6 Å². The van der Waals surface area contributed by atoms with E-state index >= 15 is 0 Å². The van der Waals surface area contributed by atoms with E-state index in [9.17, 15) is 25.6 Å². The lowest BCUT2D eigenvalue weighted by Crippen LogP contribution is -2.32. The average molecular weight is 418 g/mol. The summed E-state index contributed by atoms with van der Waals surface area (Å²) < 4.78 is 80.8. The summed E-state index contributed by atoms with van der Waals surface area (Å²) in [4.78, 5) is -1.07. The van der Waals surface area contributed by atoms with E-state index in [1.165, 1.54) is 0 Å². The fourth-order valence-electron chi connectivity index (χ4n) is 2.46. The van der Waals surface area contributed by atoms with Gasteiger partial charge in [-0.1, -0.05) is 30.3 Å². The van der Waals surface area contributed by atoms with Crippen LogP contribution in [0.4, 0.5) is 8.78 Å². The second kappa shape index (κ2) is 8.42. The maximum Gasteiger partial charge on any atom is 0.246 e. The highest BCUT2D eigenvalue weighted by molar-refractivity contribution is 7.89. The summed E-state index contributed by atoms with van der Waals surface area (Å²) in [6, 6.07) is 8.78. The zero-order valence-corrected chi connectivity index (χ0v) is 16.4. The Bertz CT molecular complexity index is 1000. The van der Waals surface area contributed by atoms with Crippen LogP contribution in [0.5, 0.6) is 0 Å². The molecule has 0 aliphatic rings. The molecule has 2 aromatic rings. The van der Waals surface area contributed by atoms with E-state index in [0.29, 0.717) is 11.1 Å². The summed E-state index contributed by atoms with van der Waals surface area (Å²) in [5.74, 6) is -2.77. The minimum absolute atomic E-state index is 0.287. The van der Waals surface area contributed by atoms with Crippen molar-refractivity contribution in [3.05, 3.63) is 65.2 Å². The zero-order valence-electron chi connectivity index (χ0n) is 14.7. The third-order valence-corrected chi connectivity index (χ3v) is 6.49. The molecule has 0 spiro atoms. The normalized spacial score (nSPS) is 12.5. The minimum atomic E-state index is -4.46. The van der Waals surface area contributed by atoms with Gasteiger partial charge in [-0.15, -0.1) is 0 Å². The summed E-state index contributed by atoms with van der Waals surface area (Å²) in [6.45, 7) is 3.05. The lowest BCUT2D eigenvalue weighted by atomic mass is 10.1. The van der Waals surface area contributed by atoms with Crippen LogP contribution in [0.25, 0.3) is 0 Å². The monoisotopic (exact) mass is 418 g/mol. The Morgan fingerprint density at radius 2 is 1.44 bits per heavy atom. The molecule has 0 aromatic heterocycles. The van der Waals surface area contributed by atoms with Crippen molar-refractivity contribution in [1.29, 1.82) is 0 Å². The molecule has 2 aromatic carbocycles. The second-order valence-electron chi connectivity index (χ2n) is 6.18. The maximum atomic E-state index is 13.7. The standard InChI is InChI=1S/C17H20F2N2O4S2/c1-12(2)21-26(22,23)11-14-7-4-3-6-13(14)10-20-27(24,25)17-15(18)8-5-9-16(17)19/h3-9,12,20-21H,10-11H2,1-2H3. The van der Waals surface area contributed by atoms with Crippen LogP contribution in [0.15, 0.2) is 47.4 Å². The van der Waals surface area contributed by atoms with Crippen molar-refractivity contribution >= 4 is 20.0 Å². The van der Waals surface area contributed by atoms with Gasteiger partial charge < -0.3 is 0 Å². The molecule has 27 heavy (non-hydrogen) atoms. The largest absolute Gasteiger partial charge is 0.246 e. The van der Waals surface area contributed by atoms with E-state index in [2.05, 4.69) is 9.44 Å². The molecule has 10 heteroatoms. The highest BCUT2D eigenvalue weighted by atomic mass is 32.2. The molecule has 0 radical (unpaired) electrons. The number of halogens is 2. The first-order valence-corrected chi connectivity index (χ1v) is 11.2. The Hall–Kier alpha value is -1.88. The van der Waals surface area contributed by atoms with E-state index in [1.54, 1.807) is 38.1 Å². The molecule has 0 heterocycles. The summed E-state index contributed by atoms with van der Waals surface area (Å²) in [5, 5.41) is 0. The highest BCUT2D eigenvalue weighted by Crippen LogP contribution is 2.19. The highest BCUT2D eigenvalue weighted by Gasteiger charge is 2.24. The van der Waals surface area contributed by atoms with Crippen molar-refractivity contribution in [2.24, 2.45) is 0 Å². The first-order chi connectivity index (χ1) is 12.5. The number of sulfonamides is 2. The van der Waals surface area contributed by atoms with Crippen LogP contribution in [-0.2, 0) is 32.3 Å². The number of hydrogen-bond donors (Lipinski definition) is 2. The molecule has 0 saturated carbocycles. The number of benzene rings is 2. The predicted molar refractivity (Wildman–Crippen MR) is 97.7 cm³/mol. The van der Waals surface area contributed by atoms with Crippen LogP contribution in [-0.4, -0.2) is 22.9 Å². The molecule has 0 saturated heterocycles. The van der Waals surface area contributed by atoms with Gasteiger partial charge in [0.05, 0.1) is 5.75 Å². The summed E-state index contributed by atoms with van der Waals surface area (Å²) in [5.41, 5.74) is 0.759. The SMILES string of the molecule is CC(C)NS(=O)(=O)Cc1ccccc1CNS(=O)(=O)c1c(F)cccc1F. The van der Waals surface area contributed by atoms with Crippen LogP contribution < -0.4 is 9.44 Å². The first kappa shape index (κ1) is 21.4. The van der Waals surface area contributed by atoms with Crippen molar-refractivity contribution in [1.82, 2.24) is 9.44 Å². The summed E-state index contributed by atoms with van der Waals surface area (Å²) in [6.07, 6.45) is 0. The maximum absolute atomic E-state index is 13.7. The lowest BCUT2D eigenvalue weighted by molar-refractivity contribution is 0.514. The van der Waals surface area contributed by atoms with Crippen LogP contribution in [0.3, 0.4) is 0 Å². The lowest BCUT2D eigenvalue weighted by Gasteiger charge is -2.14. The first-order valence-electron chi connectivity index (χ1n) is 8.02. The van der Waals surface area contributed by atoms with Crippen LogP contribution in [0, 0.1) is 11.6 Å². The van der Waals surface area contributed by atoms with Gasteiger partial charge in [-0.25, -0.2) is 35.1 Å². The predicted octanol–water partition coefficient (Wildman–Crippen LogP) is 2.27. The fourth-order valence-corrected chi connectivity index (χ4v) is 5.09. The molecule has 2 rings (SSSR count). The molecular formula is C17H20F2N2O4S2. The minimum Gasteiger partial charge on any atom is -0.212 e. The Balaban J connectivity index is 2.24. The van der Waals surface area contributed by atoms with Crippen LogP contribution in [0.1, 0.15) is 25.0 Å². The Morgan fingerprint density at radius 3 is 2.00 bits per heavy atom. The third kappa shape index (κ3) is 5.80. The van der Waals surface area contributed by atoms with Gasteiger partial charge >= 0.3 is 0 Å². The second-order valence-corrected chi connectivity index (χ2v) is 9.63. The third-order valence-electron chi connectivity index (χ3n) is 3.52. The van der Waals surface area contributed by atoms with Gasteiger partial charge in [-0.3, -0.25) is 0 Å². The molecule has 6 nitrogen and oxygen atoms in total. The Morgan fingerprint density at radius 1 is 0.889 bits per heavy atom. The van der Waals surface area contributed by atoms with Crippen molar-refractivity contribution in [2.75, 3.05) is 0 Å². The topological polar surface area (TPSA) is 92.3 Å². The van der Waals surface area contributed by atoms with Crippen molar-refractivity contribution in [2.45, 2.75) is 37.1 Å². The Kier molecular flexibility index (Phi) is 6.68. The van der Waals surface area contributed by atoms with E-state index < -0.39 is 36.6 Å². The molecule has 148 valence electrons. The van der Waals surface area contributed by atoms with E-state index in [0.717, 1.165) is 18.2 Å². The van der Waals surface area contributed by atoms with Gasteiger partial charge in [0.15, 0.2) is 4.90 Å². The smallest absolute Gasteiger partial charge is 0.212 e. The van der Waals surface area contributed by atoms with Crippen molar-refractivity contribution in [3.63, 3.8) is 0 Å². The van der Waals surface area contributed by atoms with E-state index in [-0.39, 0.29) is 18.3 Å². The van der Waals surface area contributed by atoms with Crippen molar-refractivity contribution < 1.29 is 25.6 Å². The van der Waals surface area contributed by atoms with E-state index in [4.69, 9.17) is 0 Å². The average Bonchev–Trinajstić information content (AvgIpc) is 2.52. The quantitative estimate of drug-likeness (QED) is 0.688. The van der Waals surface area contributed by atoms with Gasteiger partial charge in [0.2, 0.25) is 20.0 Å². The number of nitrogens with one attached hydrogen (secondary N) is 2. The van der Waals surface area contributed by atoms with Gasteiger partial charge in [0.1, 0.15) is 11.6 Å². The van der Waals surface area contributed by atoms with Crippen molar-refractivity contribution in [3.8, 4) is 0 Å². The molecule has 2 N–H and O–H groups in total. The molecule has 0 atom stereocenters.